The summed E-state index contributed by atoms with van der Waals surface area (Å²) in [6.45, 7) is 2.63. The number of nitrogens with one attached hydrogen (secondary N) is 1. The van der Waals surface area contributed by atoms with Crippen molar-refractivity contribution >= 4 is 23.2 Å². The summed E-state index contributed by atoms with van der Waals surface area (Å²) in [6, 6.07) is 4.91. The predicted octanol–water partition coefficient (Wildman–Crippen LogP) is 1.83. The minimum absolute atomic E-state index is 0.0486. The van der Waals surface area contributed by atoms with Crippen molar-refractivity contribution in [1.82, 2.24) is 5.32 Å². The van der Waals surface area contributed by atoms with Gasteiger partial charge in [0.2, 0.25) is 0 Å². The van der Waals surface area contributed by atoms with Crippen LogP contribution in [-0.2, 0) is 4.74 Å². The molecule has 1 aromatic carbocycles. The van der Waals surface area contributed by atoms with Gasteiger partial charge in [0.15, 0.2) is 0 Å². The zero-order valence-electron chi connectivity index (χ0n) is 9.57. The summed E-state index contributed by atoms with van der Waals surface area (Å²) in [6.07, 6.45) is 0.882. The van der Waals surface area contributed by atoms with Gasteiger partial charge in [-0.3, -0.25) is 4.79 Å². The Morgan fingerprint density at radius 3 is 2.94 bits per heavy atom. The molecule has 1 fully saturated rings. The summed E-state index contributed by atoms with van der Waals surface area (Å²) >= 11 is 5.78. The molecule has 92 valence electrons. The lowest BCUT2D eigenvalue weighted by Crippen LogP contribution is -2.39. The standard InChI is InChI=1S/C12H15ClN2O2/c1-7-11(4-5-17-7)15-12(16)9-3-2-8(13)6-10(9)14/h2-3,6-7,11H,4-5,14H2,1H3,(H,15,16). The second-order valence-electron chi connectivity index (χ2n) is 4.18. The summed E-state index contributed by atoms with van der Waals surface area (Å²) in [5.74, 6) is -0.179. The minimum atomic E-state index is -0.179. The molecule has 5 heteroatoms. The molecule has 0 bridgehead atoms. The molecule has 0 spiro atoms. The van der Waals surface area contributed by atoms with Gasteiger partial charge in [-0.2, -0.15) is 0 Å². The van der Waals surface area contributed by atoms with Crippen molar-refractivity contribution in [3.63, 3.8) is 0 Å². The van der Waals surface area contributed by atoms with Crippen molar-refractivity contribution < 1.29 is 9.53 Å². The second kappa shape index (κ2) is 4.94. The van der Waals surface area contributed by atoms with Crippen molar-refractivity contribution in [2.45, 2.75) is 25.5 Å². The van der Waals surface area contributed by atoms with E-state index in [4.69, 9.17) is 22.1 Å². The molecule has 2 rings (SSSR count). The molecule has 1 amide bonds. The number of benzene rings is 1. The van der Waals surface area contributed by atoms with Gasteiger partial charge in [0.25, 0.3) is 5.91 Å². The number of carbonyl (C=O) groups excluding carboxylic acids is 1. The molecule has 1 saturated heterocycles. The number of hydrogen-bond donors (Lipinski definition) is 2. The summed E-state index contributed by atoms with van der Waals surface area (Å²) in [5.41, 5.74) is 6.60. The Hall–Kier alpha value is -1.26. The van der Waals surface area contributed by atoms with Crippen molar-refractivity contribution in [3.05, 3.63) is 28.8 Å². The molecule has 2 unspecified atom stereocenters. The molecule has 1 aliphatic rings. The highest BCUT2D eigenvalue weighted by atomic mass is 35.5. The highest BCUT2D eigenvalue weighted by Gasteiger charge is 2.26. The van der Waals surface area contributed by atoms with Gasteiger partial charge in [0.1, 0.15) is 0 Å². The molecular weight excluding hydrogens is 240 g/mol. The molecule has 4 nitrogen and oxygen atoms in total. The Kier molecular flexibility index (Phi) is 3.54. The number of rotatable bonds is 2. The second-order valence-corrected chi connectivity index (χ2v) is 4.61. The first-order valence-corrected chi connectivity index (χ1v) is 5.93. The maximum Gasteiger partial charge on any atom is 0.253 e. The number of carbonyl (C=O) groups is 1. The predicted molar refractivity (Wildman–Crippen MR) is 67.1 cm³/mol. The number of nitrogens with two attached hydrogens (primary N) is 1. The fourth-order valence-corrected chi connectivity index (χ4v) is 2.09. The summed E-state index contributed by atoms with van der Waals surface area (Å²) in [4.78, 5) is 12.0. The summed E-state index contributed by atoms with van der Waals surface area (Å²) in [5, 5.41) is 3.44. The fourth-order valence-electron chi connectivity index (χ4n) is 1.91. The van der Waals surface area contributed by atoms with Crippen LogP contribution in [0.1, 0.15) is 23.7 Å². The van der Waals surface area contributed by atoms with Crippen molar-refractivity contribution in [3.8, 4) is 0 Å². The Labute approximate surface area is 105 Å². The molecule has 3 N–H and O–H groups in total. The third-order valence-electron chi connectivity index (χ3n) is 2.95. The third kappa shape index (κ3) is 2.70. The lowest BCUT2D eigenvalue weighted by Gasteiger charge is -2.16. The van der Waals surface area contributed by atoms with Crippen LogP contribution in [0.15, 0.2) is 18.2 Å². The molecule has 1 aromatic rings. The first-order chi connectivity index (χ1) is 8.08. The topological polar surface area (TPSA) is 64.3 Å². The van der Waals surface area contributed by atoms with E-state index in [1.54, 1.807) is 18.2 Å². The van der Waals surface area contributed by atoms with E-state index < -0.39 is 0 Å². The maximum absolute atomic E-state index is 12.0. The average Bonchev–Trinajstić information content (AvgIpc) is 2.64. The van der Waals surface area contributed by atoms with Crippen LogP contribution in [0.2, 0.25) is 5.02 Å². The van der Waals surface area contributed by atoms with E-state index in [1.165, 1.54) is 0 Å². The van der Waals surface area contributed by atoms with Gasteiger partial charge in [-0.05, 0) is 31.5 Å². The lowest BCUT2D eigenvalue weighted by atomic mass is 10.1. The third-order valence-corrected chi connectivity index (χ3v) is 3.19. The van der Waals surface area contributed by atoms with Crippen LogP contribution in [0, 0.1) is 0 Å². The van der Waals surface area contributed by atoms with Crippen LogP contribution in [0.4, 0.5) is 5.69 Å². The van der Waals surface area contributed by atoms with Gasteiger partial charge in [0, 0.05) is 17.3 Å². The van der Waals surface area contributed by atoms with Crippen LogP contribution in [0.3, 0.4) is 0 Å². The molecule has 0 aromatic heterocycles. The minimum Gasteiger partial charge on any atom is -0.398 e. The van der Waals surface area contributed by atoms with Crippen molar-refractivity contribution in [1.29, 1.82) is 0 Å². The highest BCUT2D eigenvalue weighted by molar-refractivity contribution is 6.31. The Morgan fingerprint density at radius 2 is 2.35 bits per heavy atom. The first-order valence-electron chi connectivity index (χ1n) is 5.55. The van der Waals surface area contributed by atoms with Crippen molar-refractivity contribution in [2.24, 2.45) is 0 Å². The Bertz CT molecular complexity index is 437. The van der Waals surface area contributed by atoms with Gasteiger partial charge in [0.05, 0.1) is 17.7 Å². The van der Waals surface area contributed by atoms with E-state index in [2.05, 4.69) is 5.32 Å². The molecule has 1 heterocycles. The normalized spacial score (nSPS) is 23.6. The zero-order valence-corrected chi connectivity index (χ0v) is 10.3. The fraction of sp³-hybridized carbons (Fsp3) is 0.417. The van der Waals surface area contributed by atoms with Crippen LogP contribution in [0.5, 0.6) is 0 Å². The first kappa shape index (κ1) is 12.2. The molecule has 0 radical (unpaired) electrons. The summed E-state index contributed by atoms with van der Waals surface area (Å²) in [7, 11) is 0. The van der Waals surface area contributed by atoms with E-state index in [-0.39, 0.29) is 18.1 Å². The van der Waals surface area contributed by atoms with E-state index in [1.807, 2.05) is 6.92 Å². The largest absolute Gasteiger partial charge is 0.398 e. The molecule has 2 atom stereocenters. The van der Waals surface area contributed by atoms with E-state index in [0.717, 1.165) is 6.42 Å². The molecule has 17 heavy (non-hydrogen) atoms. The quantitative estimate of drug-likeness (QED) is 0.792. The van der Waals surface area contributed by atoms with Gasteiger partial charge in [-0.1, -0.05) is 11.6 Å². The average molecular weight is 255 g/mol. The molecule has 0 aliphatic carbocycles. The molecular formula is C12H15ClN2O2. The van der Waals surface area contributed by atoms with Crippen LogP contribution >= 0.6 is 11.6 Å². The monoisotopic (exact) mass is 254 g/mol. The number of anilines is 1. The van der Waals surface area contributed by atoms with Gasteiger partial charge in [-0.25, -0.2) is 0 Å². The van der Waals surface area contributed by atoms with Crippen molar-refractivity contribution in [2.75, 3.05) is 12.3 Å². The van der Waals surface area contributed by atoms with Crippen LogP contribution in [0.25, 0.3) is 0 Å². The smallest absolute Gasteiger partial charge is 0.253 e. The lowest BCUT2D eigenvalue weighted by molar-refractivity contribution is 0.0867. The summed E-state index contributed by atoms with van der Waals surface area (Å²) < 4.78 is 5.38. The van der Waals surface area contributed by atoms with Gasteiger partial charge >= 0.3 is 0 Å². The SMILES string of the molecule is CC1OCCC1NC(=O)c1ccc(Cl)cc1N. The highest BCUT2D eigenvalue weighted by Crippen LogP contribution is 2.19. The van der Waals surface area contributed by atoms with Crippen LogP contribution in [-0.4, -0.2) is 24.7 Å². The number of ether oxygens (including phenoxy) is 1. The van der Waals surface area contributed by atoms with E-state index in [9.17, 15) is 4.79 Å². The van der Waals surface area contributed by atoms with Crippen LogP contribution < -0.4 is 11.1 Å². The van der Waals surface area contributed by atoms with E-state index >= 15 is 0 Å². The Morgan fingerprint density at radius 1 is 1.59 bits per heavy atom. The number of halogens is 1. The van der Waals surface area contributed by atoms with Gasteiger partial charge < -0.3 is 15.8 Å². The maximum atomic E-state index is 12.0. The zero-order chi connectivity index (χ0) is 12.4. The number of hydrogen-bond acceptors (Lipinski definition) is 3. The Balaban J connectivity index is 2.09. The molecule has 0 saturated carbocycles. The number of nitrogen functional groups attached to an aromatic ring is 1. The van der Waals surface area contributed by atoms with E-state index in [0.29, 0.717) is 22.9 Å². The van der Waals surface area contributed by atoms with Gasteiger partial charge in [-0.15, -0.1) is 0 Å². The number of amides is 1. The molecule has 1 aliphatic heterocycles.